The van der Waals surface area contributed by atoms with E-state index in [9.17, 15) is 18.0 Å². The number of benzene rings is 3. The van der Waals surface area contributed by atoms with Gasteiger partial charge in [0, 0.05) is 12.6 Å². The summed E-state index contributed by atoms with van der Waals surface area (Å²) in [7, 11) is -2.52. The summed E-state index contributed by atoms with van der Waals surface area (Å²) in [5.41, 5.74) is 2.94. The van der Waals surface area contributed by atoms with Crippen molar-refractivity contribution in [3.05, 3.63) is 89.5 Å². The van der Waals surface area contributed by atoms with Crippen molar-refractivity contribution in [1.29, 1.82) is 0 Å². The number of carbonyl (C=O) groups is 2. The molecule has 8 nitrogen and oxygen atoms in total. The van der Waals surface area contributed by atoms with Crippen LogP contribution in [-0.2, 0) is 26.2 Å². The topological polar surface area (TPSA) is 96.0 Å². The van der Waals surface area contributed by atoms with Crippen LogP contribution in [0.25, 0.3) is 0 Å². The van der Waals surface area contributed by atoms with Gasteiger partial charge in [0.05, 0.1) is 17.7 Å². The molecule has 9 heteroatoms. The van der Waals surface area contributed by atoms with E-state index >= 15 is 0 Å². The van der Waals surface area contributed by atoms with Crippen molar-refractivity contribution < 1.29 is 22.7 Å². The van der Waals surface area contributed by atoms with E-state index in [2.05, 4.69) is 5.32 Å². The van der Waals surface area contributed by atoms with Gasteiger partial charge < -0.3 is 15.0 Å². The summed E-state index contributed by atoms with van der Waals surface area (Å²) in [6, 6.07) is 20.2. The summed E-state index contributed by atoms with van der Waals surface area (Å²) in [5, 5.41) is 3.14. The fourth-order valence-corrected chi connectivity index (χ4v) is 7.03. The number of hydrogen-bond acceptors (Lipinski definition) is 5. The molecule has 1 saturated carbocycles. The third-order valence-electron chi connectivity index (χ3n) is 7.83. The number of rotatable bonds is 12. The van der Waals surface area contributed by atoms with E-state index in [-0.39, 0.29) is 23.4 Å². The van der Waals surface area contributed by atoms with Gasteiger partial charge in [0.15, 0.2) is 0 Å². The van der Waals surface area contributed by atoms with Crippen LogP contribution in [-0.4, -0.2) is 50.9 Å². The number of nitrogens with one attached hydrogen (secondary N) is 1. The van der Waals surface area contributed by atoms with E-state index in [0.29, 0.717) is 17.9 Å². The summed E-state index contributed by atoms with van der Waals surface area (Å²) >= 11 is 0. The molecule has 1 N–H and O–H groups in total. The second-order valence-corrected chi connectivity index (χ2v) is 12.8. The Morgan fingerprint density at radius 1 is 0.976 bits per heavy atom. The molecule has 3 aromatic rings. The molecular weight excluding hydrogens is 550 g/mol. The Balaban J connectivity index is 1.72. The highest BCUT2D eigenvalue weighted by atomic mass is 32.2. The first-order valence-electron chi connectivity index (χ1n) is 14.5. The molecule has 1 atom stereocenters. The molecule has 42 heavy (non-hydrogen) atoms. The molecule has 0 aromatic heterocycles. The number of methoxy groups -OCH3 is 1. The van der Waals surface area contributed by atoms with Crippen molar-refractivity contribution in [3.8, 4) is 5.75 Å². The molecule has 0 spiro atoms. The lowest BCUT2D eigenvalue weighted by atomic mass is 10.1. The van der Waals surface area contributed by atoms with Gasteiger partial charge in [-0.05, 0) is 74.6 Å². The summed E-state index contributed by atoms with van der Waals surface area (Å²) < 4.78 is 34.5. The lowest BCUT2D eigenvalue weighted by molar-refractivity contribution is -0.140. The van der Waals surface area contributed by atoms with Gasteiger partial charge >= 0.3 is 0 Å². The Hall–Kier alpha value is -3.85. The molecule has 0 heterocycles. The average molecular weight is 592 g/mol. The number of carbonyl (C=O) groups excluding carboxylic acids is 2. The van der Waals surface area contributed by atoms with Crippen molar-refractivity contribution in [2.75, 3.05) is 18.0 Å². The van der Waals surface area contributed by atoms with Crippen molar-refractivity contribution in [3.63, 3.8) is 0 Å². The SMILES string of the molecule is CC[C@@H](C(=O)NC1CCCC1)N(Cc1ccc(OC)cc1)C(=O)CN(c1ccc(C)cc1C)S(=O)(=O)c1ccccc1. The monoisotopic (exact) mass is 591 g/mol. The Morgan fingerprint density at radius 2 is 1.64 bits per heavy atom. The molecule has 2 amide bonds. The first-order valence-corrected chi connectivity index (χ1v) is 16.0. The maximum absolute atomic E-state index is 14.3. The highest BCUT2D eigenvalue weighted by Gasteiger charge is 2.35. The highest BCUT2D eigenvalue weighted by Crippen LogP contribution is 2.28. The van der Waals surface area contributed by atoms with Crippen LogP contribution in [0.1, 0.15) is 55.7 Å². The molecule has 0 saturated heterocycles. The van der Waals surface area contributed by atoms with Crippen LogP contribution < -0.4 is 14.4 Å². The van der Waals surface area contributed by atoms with Crippen LogP contribution in [0.2, 0.25) is 0 Å². The molecule has 1 fully saturated rings. The quantitative estimate of drug-likeness (QED) is 0.305. The van der Waals surface area contributed by atoms with Crippen molar-refractivity contribution in [2.24, 2.45) is 0 Å². The number of hydrogen-bond donors (Lipinski definition) is 1. The standard InChI is InChI=1S/C33H41N3O5S/c1-5-30(33(38)34-27-11-9-10-12-27)35(22-26-16-18-28(41-4)19-17-26)32(37)23-36(31-20-15-24(2)21-25(31)3)42(39,40)29-13-7-6-8-14-29/h6-8,13-21,27,30H,5,9-12,22-23H2,1-4H3,(H,34,38)/t30-/m0/s1. The molecule has 0 radical (unpaired) electrons. The van der Waals surface area contributed by atoms with Gasteiger partial charge in [-0.15, -0.1) is 0 Å². The molecule has 0 aliphatic heterocycles. The molecule has 3 aromatic carbocycles. The highest BCUT2D eigenvalue weighted by molar-refractivity contribution is 7.92. The van der Waals surface area contributed by atoms with E-state index in [1.54, 1.807) is 43.5 Å². The van der Waals surface area contributed by atoms with Crippen LogP contribution >= 0.6 is 0 Å². The number of aryl methyl sites for hydroxylation is 2. The smallest absolute Gasteiger partial charge is 0.264 e. The predicted octanol–water partition coefficient (Wildman–Crippen LogP) is 5.37. The second kappa shape index (κ2) is 13.9. The van der Waals surface area contributed by atoms with E-state index in [4.69, 9.17) is 4.74 Å². The Bertz CT molecular complexity index is 1470. The third kappa shape index (κ3) is 7.31. The van der Waals surface area contributed by atoms with Gasteiger partial charge in [-0.25, -0.2) is 8.42 Å². The lowest BCUT2D eigenvalue weighted by Gasteiger charge is -2.34. The maximum atomic E-state index is 14.3. The molecule has 224 valence electrons. The van der Waals surface area contributed by atoms with Gasteiger partial charge in [-0.3, -0.25) is 13.9 Å². The predicted molar refractivity (Wildman–Crippen MR) is 165 cm³/mol. The Kier molecular flexibility index (Phi) is 10.3. The van der Waals surface area contributed by atoms with Crippen LogP contribution in [0.3, 0.4) is 0 Å². The summed E-state index contributed by atoms with van der Waals surface area (Å²) in [6.07, 6.45) is 4.36. The zero-order valence-electron chi connectivity index (χ0n) is 24.9. The number of nitrogens with zero attached hydrogens (tertiary/aromatic N) is 2. The molecule has 0 bridgehead atoms. The van der Waals surface area contributed by atoms with Crippen molar-refractivity contribution >= 4 is 27.5 Å². The van der Waals surface area contributed by atoms with Gasteiger partial charge in [0.25, 0.3) is 10.0 Å². The zero-order valence-corrected chi connectivity index (χ0v) is 25.7. The minimum atomic E-state index is -4.10. The Labute approximate surface area is 249 Å². The number of amides is 2. The van der Waals surface area contributed by atoms with Gasteiger partial charge in [0.2, 0.25) is 11.8 Å². The van der Waals surface area contributed by atoms with Crippen molar-refractivity contribution in [2.45, 2.75) is 76.4 Å². The van der Waals surface area contributed by atoms with Crippen LogP contribution in [0.5, 0.6) is 5.75 Å². The fourth-order valence-electron chi connectivity index (χ4n) is 5.53. The van der Waals surface area contributed by atoms with E-state index in [0.717, 1.165) is 42.4 Å². The zero-order chi connectivity index (χ0) is 30.3. The second-order valence-electron chi connectivity index (χ2n) is 10.9. The molecule has 4 rings (SSSR count). The lowest BCUT2D eigenvalue weighted by Crippen LogP contribution is -2.53. The van der Waals surface area contributed by atoms with Gasteiger partial charge in [-0.2, -0.15) is 0 Å². The van der Waals surface area contributed by atoms with Gasteiger partial charge in [0.1, 0.15) is 18.3 Å². The van der Waals surface area contributed by atoms with Crippen LogP contribution in [0.4, 0.5) is 5.69 Å². The van der Waals surface area contributed by atoms with Crippen molar-refractivity contribution in [1.82, 2.24) is 10.2 Å². The minimum absolute atomic E-state index is 0.0884. The normalized spacial score (nSPS) is 14.3. The number of ether oxygens (including phenoxy) is 1. The first kappa shape index (κ1) is 31.1. The molecule has 1 aliphatic carbocycles. The first-order chi connectivity index (χ1) is 20.1. The summed E-state index contributed by atoms with van der Waals surface area (Å²) in [5.74, 6) is 0.00610. The van der Waals surface area contributed by atoms with Crippen LogP contribution in [0.15, 0.2) is 77.7 Å². The summed E-state index contributed by atoms with van der Waals surface area (Å²) in [4.78, 5) is 29.4. The maximum Gasteiger partial charge on any atom is 0.264 e. The average Bonchev–Trinajstić information content (AvgIpc) is 3.50. The van der Waals surface area contributed by atoms with Gasteiger partial charge in [-0.1, -0.05) is 67.8 Å². The number of anilines is 1. The molecular formula is C33H41N3O5S. The van der Waals surface area contributed by atoms with E-state index in [1.807, 2.05) is 45.0 Å². The number of sulfonamides is 1. The molecule has 0 unspecified atom stereocenters. The van der Waals surface area contributed by atoms with Crippen LogP contribution in [0, 0.1) is 13.8 Å². The third-order valence-corrected chi connectivity index (χ3v) is 9.60. The summed E-state index contributed by atoms with van der Waals surface area (Å²) in [6.45, 7) is 5.33. The van der Waals surface area contributed by atoms with E-state index in [1.165, 1.54) is 21.3 Å². The largest absolute Gasteiger partial charge is 0.497 e. The van der Waals surface area contributed by atoms with E-state index < -0.39 is 28.5 Å². The fraction of sp³-hybridized carbons (Fsp3) is 0.394. The Morgan fingerprint density at radius 3 is 2.24 bits per heavy atom. The minimum Gasteiger partial charge on any atom is -0.497 e. The molecule has 1 aliphatic rings.